The Labute approximate surface area is 268 Å². The van der Waals surface area contributed by atoms with Crippen LogP contribution in [0, 0.1) is 0 Å². The Balaban J connectivity index is 0. The molecule has 0 unspecified atom stereocenters. The highest BCUT2D eigenvalue weighted by Gasteiger charge is 1.99. The first-order valence-electron chi connectivity index (χ1n) is 18.4. The van der Waals surface area contributed by atoms with Crippen molar-refractivity contribution in [3.63, 3.8) is 0 Å². The third kappa shape index (κ3) is 44.9. The molecule has 0 fully saturated rings. The highest BCUT2D eigenvalue weighted by molar-refractivity contribution is 5.75. The number of nitrogens with one attached hydrogen (secondary N) is 1. The Morgan fingerprint density at radius 3 is 1.35 bits per heavy atom. The SMILES string of the molecule is CCCCC/C=C\C/C=C\CCCCCCCC(C)=O.CCCCCCCC/C=C\CCCCCCCC(=O)NCCO. The fourth-order valence-electron chi connectivity index (χ4n) is 4.83. The lowest BCUT2D eigenvalue weighted by molar-refractivity contribution is -0.121. The van der Waals surface area contributed by atoms with Crippen molar-refractivity contribution in [3.05, 3.63) is 36.5 Å². The number of Topliss-reactive ketones (excluding diaryl/α,β-unsaturated/α-hetero) is 1. The first kappa shape index (κ1) is 43.4. The molecule has 0 saturated heterocycles. The Hall–Kier alpha value is -1.68. The number of hydrogen-bond acceptors (Lipinski definition) is 3. The molecule has 0 aliphatic rings. The molecule has 4 heteroatoms. The second kappa shape index (κ2) is 40.3. The first-order valence-corrected chi connectivity index (χ1v) is 18.4. The van der Waals surface area contributed by atoms with E-state index in [1.165, 1.54) is 128 Å². The minimum Gasteiger partial charge on any atom is -0.395 e. The van der Waals surface area contributed by atoms with Crippen LogP contribution in [0.1, 0.15) is 188 Å². The van der Waals surface area contributed by atoms with Crippen LogP contribution in [0.2, 0.25) is 0 Å². The predicted molar refractivity (Wildman–Crippen MR) is 190 cm³/mol. The first-order chi connectivity index (χ1) is 21.1. The molecule has 0 bridgehead atoms. The van der Waals surface area contributed by atoms with Gasteiger partial charge in [0, 0.05) is 19.4 Å². The standard InChI is InChI=1S/C20H39NO2.C19H34O/c1-2-3-4-5-6-7-8-9-10-11-12-13-14-15-16-17-20(23)21-18-19-22;1-3-4-5-6-7-8-9-10-11-12-13-14-15-16-17-18-19(2)20/h9-10,22H,2-8,11-19H2,1H3,(H,21,23);7-8,10-11H,3-6,9,12-18H2,1-2H3/b10-9-;8-7-,11-10-. The van der Waals surface area contributed by atoms with Gasteiger partial charge in [0.2, 0.25) is 5.91 Å². The summed E-state index contributed by atoms with van der Waals surface area (Å²) in [5.41, 5.74) is 0. The van der Waals surface area contributed by atoms with Crippen LogP contribution in [-0.2, 0) is 9.59 Å². The zero-order valence-electron chi connectivity index (χ0n) is 29.0. The van der Waals surface area contributed by atoms with Crippen molar-refractivity contribution in [2.24, 2.45) is 0 Å². The molecular weight excluding hydrogens is 530 g/mol. The second-order valence-electron chi connectivity index (χ2n) is 12.1. The van der Waals surface area contributed by atoms with Crippen molar-refractivity contribution in [2.75, 3.05) is 13.2 Å². The maximum Gasteiger partial charge on any atom is 0.220 e. The summed E-state index contributed by atoms with van der Waals surface area (Å²) >= 11 is 0. The molecule has 0 aliphatic carbocycles. The summed E-state index contributed by atoms with van der Waals surface area (Å²) in [5, 5.41) is 11.3. The van der Waals surface area contributed by atoms with Crippen molar-refractivity contribution in [3.8, 4) is 0 Å². The van der Waals surface area contributed by atoms with E-state index in [9.17, 15) is 9.59 Å². The Morgan fingerprint density at radius 1 is 0.512 bits per heavy atom. The van der Waals surface area contributed by atoms with Gasteiger partial charge in [-0.25, -0.2) is 0 Å². The van der Waals surface area contributed by atoms with Gasteiger partial charge in [0.25, 0.3) is 0 Å². The summed E-state index contributed by atoms with van der Waals surface area (Å²) in [7, 11) is 0. The van der Waals surface area contributed by atoms with E-state index in [0.29, 0.717) is 18.7 Å². The van der Waals surface area contributed by atoms with Crippen molar-refractivity contribution in [1.29, 1.82) is 0 Å². The van der Waals surface area contributed by atoms with Crippen molar-refractivity contribution < 1.29 is 14.7 Å². The minimum absolute atomic E-state index is 0.0259. The Kier molecular flexibility index (Phi) is 40.7. The van der Waals surface area contributed by atoms with Gasteiger partial charge in [0.15, 0.2) is 0 Å². The summed E-state index contributed by atoms with van der Waals surface area (Å²) < 4.78 is 0. The van der Waals surface area contributed by atoms with E-state index < -0.39 is 0 Å². The van der Waals surface area contributed by atoms with E-state index in [2.05, 4.69) is 55.6 Å². The van der Waals surface area contributed by atoms with E-state index in [1.54, 1.807) is 6.92 Å². The zero-order valence-corrected chi connectivity index (χ0v) is 29.0. The lowest BCUT2D eigenvalue weighted by Gasteiger charge is -2.03. The van der Waals surface area contributed by atoms with Crippen LogP contribution in [0.5, 0.6) is 0 Å². The molecule has 0 heterocycles. The van der Waals surface area contributed by atoms with Crippen molar-refractivity contribution in [1.82, 2.24) is 5.32 Å². The number of allylic oxidation sites excluding steroid dienone is 6. The monoisotopic (exact) mass is 604 g/mol. The summed E-state index contributed by atoms with van der Waals surface area (Å²) in [5.74, 6) is 0.396. The summed E-state index contributed by atoms with van der Waals surface area (Å²) in [6.07, 6.45) is 45.5. The molecule has 4 nitrogen and oxygen atoms in total. The average Bonchev–Trinajstić information content (AvgIpc) is 3.00. The van der Waals surface area contributed by atoms with Gasteiger partial charge in [-0.1, -0.05) is 134 Å². The van der Waals surface area contributed by atoms with Gasteiger partial charge in [-0.05, 0) is 77.6 Å². The van der Waals surface area contributed by atoms with Crippen LogP contribution in [0.4, 0.5) is 0 Å². The van der Waals surface area contributed by atoms with Gasteiger partial charge in [0.1, 0.15) is 5.78 Å². The number of amides is 1. The van der Waals surface area contributed by atoms with Crippen LogP contribution in [0.15, 0.2) is 36.5 Å². The van der Waals surface area contributed by atoms with Gasteiger partial charge < -0.3 is 15.2 Å². The van der Waals surface area contributed by atoms with Crippen LogP contribution in [-0.4, -0.2) is 29.9 Å². The third-order valence-corrected chi connectivity index (χ3v) is 7.58. The molecule has 0 atom stereocenters. The normalized spacial score (nSPS) is 11.4. The summed E-state index contributed by atoms with van der Waals surface area (Å²) in [4.78, 5) is 22.1. The van der Waals surface area contributed by atoms with Crippen molar-refractivity contribution in [2.45, 2.75) is 188 Å². The number of unbranched alkanes of at least 4 members (excludes halogenated alkanes) is 19. The maximum atomic E-state index is 11.3. The molecule has 0 aromatic rings. The number of carbonyl (C=O) groups is 2. The fraction of sp³-hybridized carbons (Fsp3) is 0.795. The van der Waals surface area contributed by atoms with E-state index in [-0.39, 0.29) is 12.5 Å². The number of aliphatic hydroxyl groups is 1. The van der Waals surface area contributed by atoms with E-state index in [4.69, 9.17) is 5.11 Å². The topological polar surface area (TPSA) is 66.4 Å². The number of ketones is 1. The zero-order chi connectivity index (χ0) is 31.9. The van der Waals surface area contributed by atoms with E-state index >= 15 is 0 Å². The van der Waals surface area contributed by atoms with Gasteiger partial charge in [-0.2, -0.15) is 0 Å². The average molecular weight is 604 g/mol. The van der Waals surface area contributed by atoms with Gasteiger partial charge in [-0.3, -0.25) is 4.79 Å². The highest BCUT2D eigenvalue weighted by atomic mass is 16.3. The largest absolute Gasteiger partial charge is 0.395 e. The predicted octanol–water partition coefficient (Wildman–Crippen LogP) is 11.5. The number of carbonyl (C=O) groups excluding carboxylic acids is 2. The molecule has 0 aromatic heterocycles. The molecule has 0 radical (unpaired) electrons. The van der Waals surface area contributed by atoms with Gasteiger partial charge in [-0.15, -0.1) is 0 Å². The lowest BCUT2D eigenvalue weighted by Crippen LogP contribution is -2.25. The lowest BCUT2D eigenvalue weighted by atomic mass is 10.1. The summed E-state index contributed by atoms with van der Waals surface area (Å²) in [6.45, 7) is 6.60. The maximum absolute atomic E-state index is 11.3. The van der Waals surface area contributed by atoms with Crippen LogP contribution in [0.25, 0.3) is 0 Å². The number of rotatable bonds is 31. The molecule has 0 aromatic carbocycles. The molecule has 252 valence electrons. The van der Waals surface area contributed by atoms with Crippen LogP contribution >= 0.6 is 0 Å². The smallest absolute Gasteiger partial charge is 0.220 e. The molecule has 0 aliphatic heterocycles. The van der Waals surface area contributed by atoms with Crippen LogP contribution < -0.4 is 5.32 Å². The molecule has 2 N–H and O–H groups in total. The highest BCUT2D eigenvalue weighted by Crippen LogP contribution is 2.10. The summed E-state index contributed by atoms with van der Waals surface area (Å²) in [6, 6.07) is 0. The van der Waals surface area contributed by atoms with Gasteiger partial charge >= 0.3 is 0 Å². The Morgan fingerprint density at radius 2 is 0.884 bits per heavy atom. The molecule has 1 amide bonds. The fourth-order valence-corrected chi connectivity index (χ4v) is 4.83. The molecule has 0 spiro atoms. The number of hydrogen-bond donors (Lipinski definition) is 2. The Bertz CT molecular complexity index is 653. The molecule has 0 saturated carbocycles. The number of aliphatic hydroxyl groups excluding tert-OH is 1. The second-order valence-corrected chi connectivity index (χ2v) is 12.1. The molecular formula is C39H73NO3. The van der Waals surface area contributed by atoms with Crippen LogP contribution in [0.3, 0.4) is 0 Å². The van der Waals surface area contributed by atoms with E-state index in [0.717, 1.165) is 32.1 Å². The van der Waals surface area contributed by atoms with Gasteiger partial charge in [0.05, 0.1) is 6.61 Å². The quantitative estimate of drug-likeness (QED) is 0.0612. The molecule has 0 rings (SSSR count). The minimum atomic E-state index is 0.0259. The van der Waals surface area contributed by atoms with Crippen molar-refractivity contribution >= 4 is 11.7 Å². The third-order valence-electron chi connectivity index (χ3n) is 7.58. The molecule has 43 heavy (non-hydrogen) atoms. The van der Waals surface area contributed by atoms with E-state index in [1.807, 2.05) is 0 Å².